The van der Waals surface area contributed by atoms with Crippen molar-refractivity contribution in [2.75, 3.05) is 38.6 Å². The highest BCUT2D eigenvalue weighted by Gasteiger charge is 2.56. The van der Waals surface area contributed by atoms with E-state index >= 15 is 8.78 Å². The summed E-state index contributed by atoms with van der Waals surface area (Å²) < 4.78 is 66.5. The Morgan fingerprint density at radius 2 is 1.41 bits per heavy atom. The predicted octanol–water partition coefficient (Wildman–Crippen LogP) is 6.58. The number of anilines is 1. The van der Waals surface area contributed by atoms with Crippen LogP contribution in [0, 0.1) is 10.8 Å². The number of alkyl halides is 2. The number of carbonyl (C=O) groups is 6. The van der Waals surface area contributed by atoms with Crippen molar-refractivity contribution < 1.29 is 60.6 Å². The molecule has 0 saturated carbocycles. The topological polar surface area (TPSA) is 178 Å². The van der Waals surface area contributed by atoms with Crippen molar-refractivity contribution in [1.29, 1.82) is 0 Å². The van der Waals surface area contributed by atoms with E-state index in [9.17, 15) is 33.3 Å². The van der Waals surface area contributed by atoms with Crippen LogP contribution >= 0.6 is 7.60 Å². The zero-order valence-electron chi connectivity index (χ0n) is 35.6. The van der Waals surface area contributed by atoms with Crippen LogP contribution in [0.5, 0.6) is 0 Å². The zero-order chi connectivity index (χ0) is 45.1. The van der Waals surface area contributed by atoms with E-state index in [-0.39, 0.29) is 41.9 Å². The molecule has 61 heavy (non-hydrogen) atoms. The van der Waals surface area contributed by atoms with Gasteiger partial charge in [-0.2, -0.15) is 8.78 Å². The van der Waals surface area contributed by atoms with E-state index in [0.717, 1.165) is 12.1 Å². The van der Waals surface area contributed by atoms with Crippen molar-refractivity contribution in [3.05, 3.63) is 77.9 Å². The fourth-order valence-corrected chi connectivity index (χ4v) is 8.16. The highest BCUT2D eigenvalue weighted by Crippen LogP contribution is 2.67. The first-order chi connectivity index (χ1) is 28.4. The third-order valence-corrected chi connectivity index (χ3v) is 12.4. The summed E-state index contributed by atoms with van der Waals surface area (Å²) in [5.41, 5.74) is -6.77. The minimum Gasteiger partial charge on any atom is -0.438 e. The first kappa shape index (κ1) is 46.8. The Bertz CT molecular complexity index is 2170. The van der Waals surface area contributed by atoms with E-state index in [2.05, 4.69) is 5.32 Å². The molecule has 18 heteroatoms. The maximum Gasteiger partial charge on any atom is 0.410 e. The Morgan fingerprint density at radius 3 is 1.98 bits per heavy atom. The molecule has 0 bridgehead atoms. The third kappa shape index (κ3) is 10.6. The average Bonchev–Trinajstić information content (AvgIpc) is 3.62. The van der Waals surface area contributed by atoms with E-state index in [0.29, 0.717) is 30.3 Å². The highest BCUT2D eigenvalue weighted by atomic mass is 31.2. The molecular weight excluding hydrogens is 817 g/mol. The van der Waals surface area contributed by atoms with Crippen LogP contribution < -0.4 is 10.2 Å². The molecule has 3 aromatic rings. The molecule has 2 saturated heterocycles. The molecule has 15 nitrogen and oxygen atoms in total. The summed E-state index contributed by atoms with van der Waals surface area (Å²) in [5, 5.41) is 3.22. The number of amides is 4. The number of hydrogen-bond donors (Lipinski definition) is 1. The Labute approximate surface area is 353 Å². The van der Waals surface area contributed by atoms with E-state index in [1.165, 1.54) is 87.4 Å². The number of carbonyl (C=O) groups excluding carboxylic acids is 6. The lowest BCUT2D eigenvalue weighted by atomic mass is 9.98. The van der Waals surface area contributed by atoms with Crippen LogP contribution in [0.2, 0.25) is 0 Å². The Hall–Kier alpha value is -5.25. The maximum atomic E-state index is 16.4. The largest absolute Gasteiger partial charge is 0.438 e. The van der Waals surface area contributed by atoms with Crippen molar-refractivity contribution in [2.45, 2.75) is 91.5 Å². The van der Waals surface area contributed by atoms with Gasteiger partial charge in [0.1, 0.15) is 12.1 Å². The van der Waals surface area contributed by atoms with Crippen LogP contribution in [0.25, 0.3) is 10.8 Å². The van der Waals surface area contributed by atoms with E-state index < -0.39 is 79.1 Å². The standard InChI is InChI=1S/C43H53F2N4O11P/c1-27(50)48-21-20-33-18-19-35(38(53)47(8)32-12-10-9-11-13-32)49(33)37(52)34(24-48)46-36(51)29-15-14-28-16-17-31(23-30(28)22-29)43(44,45)61(56,59-25-57-39(54)41(2,3)4)60-26-58-40(55)42(5,6)7/h9-17,22-23,33-35H,18-21,24-26H2,1-8H3,(H,46,51)/t33-,34+,35+/m1/s1. The normalized spacial score (nSPS) is 18.8. The monoisotopic (exact) mass is 870 g/mol. The average molecular weight is 871 g/mol. The molecule has 0 unspecified atom stereocenters. The van der Waals surface area contributed by atoms with Gasteiger partial charge in [-0.05, 0) is 102 Å². The number of fused-ring (bicyclic) bond motifs is 2. The summed E-state index contributed by atoms with van der Waals surface area (Å²) in [5.74, 6) is -3.58. The van der Waals surface area contributed by atoms with Gasteiger partial charge in [0.25, 0.3) is 5.91 Å². The van der Waals surface area contributed by atoms with Crippen molar-refractivity contribution in [1.82, 2.24) is 15.1 Å². The maximum absolute atomic E-state index is 16.4. The molecule has 2 fully saturated rings. The lowest BCUT2D eigenvalue weighted by Crippen LogP contribution is -2.61. The van der Waals surface area contributed by atoms with Crippen molar-refractivity contribution in [3.8, 4) is 0 Å². The van der Waals surface area contributed by atoms with Gasteiger partial charge in [-0.3, -0.25) is 42.4 Å². The lowest BCUT2D eigenvalue weighted by Gasteiger charge is -2.39. The summed E-state index contributed by atoms with van der Waals surface area (Å²) >= 11 is 0. The Balaban J connectivity index is 1.41. The first-order valence-corrected chi connectivity index (χ1v) is 21.4. The molecule has 2 aliphatic rings. The van der Waals surface area contributed by atoms with E-state index in [4.69, 9.17) is 18.5 Å². The van der Waals surface area contributed by atoms with Crippen molar-refractivity contribution in [3.63, 3.8) is 0 Å². The fourth-order valence-electron chi connectivity index (χ4n) is 6.92. The van der Waals surface area contributed by atoms with Crippen LogP contribution in [0.3, 0.4) is 0 Å². The molecule has 0 spiro atoms. The molecule has 0 radical (unpaired) electrons. The second-order valence-electron chi connectivity index (χ2n) is 17.2. The summed E-state index contributed by atoms with van der Waals surface area (Å²) in [6.45, 7) is 8.21. The van der Waals surface area contributed by atoms with Crippen LogP contribution in [-0.4, -0.2) is 97.2 Å². The van der Waals surface area contributed by atoms with Gasteiger partial charge in [-0.1, -0.05) is 36.4 Å². The van der Waals surface area contributed by atoms with Crippen LogP contribution in [0.15, 0.2) is 66.7 Å². The molecule has 0 aromatic heterocycles. The number of para-hydroxylation sites is 1. The van der Waals surface area contributed by atoms with E-state index in [1.807, 2.05) is 6.07 Å². The van der Waals surface area contributed by atoms with Crippen LogP contribution in [-0.2, 0) is 52.7 Å². The molecule has 3 atom stereocenters. The lowest BCUT2D eigenvalue weighted by molar-refractivity contribution is -0.163. The molecule has 2 aliphatic heterocycles. The zero-order valence-corrected chi connectivity index (χ0v) is 36.5. The number of likely N-dealkylation sites (N-methyl/N-ethyl adjacent to an activating group) is 1. The Kier molecular flexibility index (Phi) is 14.1. The number of esters is 2. The molecule has 0 aliphatic carbocycles. The van der Waals surface area contributed by atoms with Gasteiger partial charge in [0.05, 0.1) is 10.8 Å². The molecule has 5 rings (SSSR count). The molecule has 1 N–H and O–H groups in total. The molecule has 2 heterocycles. The quantitative estimate of drug-likeness (QED) is 0.118. The summed E-state index contributed by atoms with van der Waals surface area (Å²) in [4.78, 5) is 83.9. The number of benzene rings is 3. The number of nitrogens with one attached hydrogen (secondary N) is 1. The number of rotatable bonds is 12. The Morgan fingerprint density at radius 1 is 0.820 bits per heavy atom. The van der Waals surface area contributed by atoms with Gasteiger partial charge in [0.2, 0.25) is 31.3 Å². The smallest absolute Gasteiger partial charge is 0.410 e. The van der Waals surface area contributed by atoms with Gasteiger partial charge < -0.3 is 29.5 Å². The minimum atomic E-state index is -5.64. The molecule has 3 aromatic carbocycles. The predicted molar refractivity (Wildman–Crippen MR) is 220 cm³/mol. The SMILES string of the molecule is CC(=O)N1CC[C@H]2CC[C@@H](C(=O)N(C)c3ccccc3)N2C(=O)[C@@H](NC(=O)c2ccc3ccc(C(F)(F)P(=O)(OCOC(=O)C(C)(C)C)OCOC(=O)C(C)(C)C)cc3c2)C1. The number of nitrogens with zero attached hydrogens (tertiary/aromatic N) is 3. The van der Waals surface area contributed by atoms with E-state index in [1.54, 1.807) is 31.3 Å². The first-order valence-electron chi connectivity index (χ1n) is 19.8. The second kappa shape index (κ2) is 18.4. The van der Waals surface area contributed by atoms with Crippen molar-refractivity contribution >= 4 is 59.6 Å². The van der Waals surface area contributed by atoms with Crippen LogP contribution in [0.4, 0.5) is 14.5 Å². The van der Waals surface area contributed by atoms with Gasteiger partial charge >= 0.3 is 25.2 Å². The fraction of sp³-hybridized carbons (Fsp3) is 0.488. The van der Waals surface area contributed by atoms with Gasteiger partial charge in [-0.25, -0.2) is 0 Å². The molecule has 4 amide bonds. The summed E-state index contributed by atoms with van der Waals surface area (Å²) in [6.07, 6.45) is 1.34. The summed E-state index contributed by atoms with van der Waals surface area (Å²) in [6, 6.07) is 14.0. The molecular formula is C43H53F2N4O11P. The van der Waals surface area contributed by atoms with Crippen LogP contribution in [0.1, 0.15) is 83.7 Å². The highest BCUT2D eigenvalue weighted by molar-refractivity contribution is 7.54. The van der Waals surface area contributed by atoms with Crippen molar-refractivity contribution in [2.24, 2.45) is 10.8 Å². The molecule has 330 valence electrons. The van der Waals surface area contributed by atoms with Gasteiger partial charge in [-0.15, -0.1) is 0 Å². The number of hydrogen-bond acceptors (Lipinski definition) is 11. The van der Waals surface area contributed by atoms with Gasteiger partial charge in [0.15, 0.2) is 0 Å². The summed E-state index contributed by atoms with van der Waals surface area (Å²) in [7, 11) is -4.01. The second-order valence-corrected chi connectivity index (χ2v) is 19.3. The number of halogens is 2. The third-order valence-electron chi connectivity index (χ3n) is 10.5. The van der Waals surface area contributed by atoms with Gasteiger partial charge in [0, 0.05) is 49.9 Å². The minimum absolute atomic E-state index is 0.0366. The number of ether oxygens (including phenoxy) is 2.